The highest BCUT2D eigenvalue weighted by atomic mass is 32.2. The van der Waals surface area contributed by atoms with Gasteiger partial charge in [0, 0.05) is 0 Å². The number of hydrogen-bond acceptors (Lipinski definition) is 7. The molecule has 1 heterocycles. The number of esters is 1. The zero-order valence-electron chi connectivity index (χ0n) is 15.6. The van der Waals surface area contributed by atoms with Gasteiger partial charge >= 0.3 is 5.97 Å². The summed E-state index contributed by atoms with van der Waals surface area (Å²) in [4.78, 5) is 17.2. The van der Waals surface area contributed by atoms with E-state index in [-0.39, 0.29) is 17.1 Å². The van der Waals surface area contributed by atoms with Gasteiger partial charge in [0.25, 0.3) is 0 Å². The molecule has 1 aliphatic heterocycles. The number of ether oxygens (including phenoxy) is 2. The van der Waals surface area contributed by atoms with Crippen LogP contribution in [0.1, 0.15) is 11.1 Å². The van der Waals surface area contributed by atoms with Crippen molar-refractivity contribution in [3.05, 3.63) is 69.8 Å². The summed E-state index contributed by atoms with van der Waals surface area (Å²) in [5.41, 5.74) is 2.01. The molecule has 0 aliphatic carbocycles. The zero-order chi connectivity index (χ0) is 20.3. The van der Waals surface area contributed by atoms with E-state index < -0.39 is 5.97 Å². The molecule has 0 unspecified atom stereocenters. The summed E-state index contributed by atoms with van der Waals surface area (Å²) in [6.07, 6.45) is 1.72. The Morgan fingerprint density at radius 2 is 1.89 bits per heavy atom. The van der Waals surface area contributed by atoms with E-state index in [0.717, 1.165) is 17.3 Å². The lowest BCUT2D eigenvalue weighted by Gasteiger charge is -2.05. The first-order valence-corrected chi connectivity index (χ1v) is 9.19. The Balaban J connectivity index is 2.07. The van der Waals surface area contributed by atoms with Gasteiger partial charge in [0.15, 0.2) is 0 Å². The molecule has 0 atom stereocenters. The van der Waals surface area contributed by atoms with Crippen LogP contribution in [-0.4, -0.2) is 35.4 Å². The van der Waals surface area contributed by atoms with Gasteiger partial charge in [0.05, 0.1) is 19.1 Å². The van der Waals surface area contributed by atoms with Gasteiger partial charge in [-0.15, -0.1) is 0 Å². The van der Waals surface area contributed by atoms with Crippen molar-refractivity contribution in [3.63, 3.8) is 0 Å². The van der Waals surface area contributed by atoms with Crippen LogP contribution in [0.5, 0.6) is 11.5 Å². The van der Waals surface area contributed by atoms with Crippen molar-refractivity contribution in [1.82, 2.24) is 0 Å². The lowest BCUT2D eigenvalue weighted by Crippen LogP contribution is -2.10. The predicted molar refractivity (Wildman–Crippen MR) is 110 cm³/mol. The van der Waals surface area contributed by atoms with Crippen LogP contribution < -0.4 is 4.74 Å². The van der Waals surface area contributed by atoms with Gasteiger partial charge in [-0.05, 0) is 48.4 Å². The number of aryl methyl sites for hydroxylation is 1. The Morgan fingerprint density at radius 3 is 2.57 bits per heavy atom. The number of para-hydroxylation sites is 2. The highest BCUT2D eigenvalue weighted by molar-refractivity contribution is 8.18. The van der Waals surface area contributed by atoms with Crippen molar-refractivity contribution in [2.75, 3.05) is 14.2 Å². The van der Waals surface area contributed by atoms with Gasteiger partial charge < -0.3 is 19.7 Å². The molecule has 0 spiro atoms. The fourth-order valence-corrected chi connectivity index (χ4v) is 3.67. The quantitative estimate of drug-likeness (QED) is 0.738. The second kappa shape index (κ2) is 8.22. The predicted octanol–water partition coefficient (Wildman–Crippen LogP) is 4.51. The number of benzene rings is 2. The average Bonchev–Trinajstić information content (AvgIpc) is 2.99. The maximum atomic E-state index is 12.3. The molecule has 3 rings (SSSR count). The van der Waals surface area contributed by atoms with E-state index in [2.05, 4.69) is 4.99 Å². The monoisotopic (exact) mass is 397 g/mol. The molecular formula is C21H19NO5S. The maximum absolute atomic E-state index is 12.3. The largest absolute Gasteiger partial charge is 0.508 e. The first-order chi connectivity index (χ1) is 13.4. The van der Waals surface area contributed by atoms with Crippen LogP contribution in [0.2, 0.25) is 0 Å². The molecular weight excluding hydrogens is 378 g/mol. The Hall–Kier alpha value is -3.19. The molecule has 2 aromatic rings. The molecule has 1 aliphatic rings. The molecule has 6 nitrogen and oxygen atoms in total. The normalized spacial score (nSPS) is 16.7. The van der Waals surface area contributed by atoms with Crippen LogP contribution in [0.15, 0.2) is 63.7 Å². The number of rotatable bonds is 4. The summed E-state index contributed by atoms with van der Waals surface area (Å²) in [5.74, 6) is -0.138. The summed E-state index contributed by atoms with van der Waals surface area (Å²) in [6, 6.07) is 12.2. The molecule has 0 aromatic heterocycles. The van der Waals surface area contributed by atoms with Crippen LogP contribution in [-0.2, 0) is 9.53 Å². The molecule has 2 N–H and O–H groups in total. The minimum absolute atomic E-state index is 0.000145. The van der Waals surface area contributed by atoms with Gasteiger partial charge in [-0.2, -0.15) is 0 Å². The summed E-state index contributed by atoms with van der Waals surface area (Å²) in [5, 5.41) is 20.6. The number of thioether (sulfide) groups is 1. The summed E-state index contributed by atoms with van der Waals surface area (Å²) >= 11 is 1.16. The lowest BCUT2D eigenvalue weighted by molar-refractivity contribution is -0.135. The highest BCUT2D eigenvalue weighted by Crippen LogP contribution is 2.41. The Morgan fingerprint density at radius 1 is 1.14 bits per heavy atom. The minimum Gasteiger partial charge on any atom is -0.508 e. The molecule has 0 fully saturated rings. The van der Waals surface area contributed by atoms with Crippen molar-refractivity contribution in [2.24, 2.45) is 4.99 Å². The summed E-state index contributed by atoms with van der Waals surface area (Å²) < 4.78 is 10.1. The minimum atomic E-state index is -0.677. The van der Waals surface area contributed by atoms with E-state index in [4.69, 9.17) is 9.47 Å². The van der Waals surface area contributed by atoms with Crippen LogP contribution in [0.3, 0.4) is 0 Å². The van der Waals surface area contributed by atoms with Crippen molar-refractivity contribution in [1.29, 1.82) is 0 Å². The fourth-order valence-electron chi connectivity index (χ4n) is 2.64. The van der Waals surface area contributed by atoms with Crippen LogP contribution in [0.4, 0.5) is 5.69 Å². The number of aromatic hydroxyl groups is 1. The van der Waals surface area contributed by atoms with Gasteiger partial charge in [-0.25, -0.2) is 9.79 Å². The standard InChI is InChI=1S/C21H19NO5S/c1-12-10-13(8-9-15(12)23)11-17-19(24)18(21(25)27-3)20(28-17)22-14-6-4-5-7-16(14)26-2/h4-11,23-24H,1-3H3/b17-11+,22-20?. The molecule has 144 valence electrons. The third kappa shape index (κ3) is 3.89. The third-order valence-corrected chi connectivity index (χ3v) is 5.13. The zero-order valence-corrected chi connectivity index (χ0v) is 16.4. The second-order valence-corrected chi connectivity index (χ2v) is 6.99. The number of aliphatic hydroxyl groups is 1. The first kappa shape index (κ1) is 19.6. The number of aliphatic imine (C=N–C) groups is 1. The molecule has 2 aromatic carbocycles. The molecule has 28 heavy (non-hydrogen) atoms. The number of hydrogen-bond donors (Lipinski definition) is 2. The molecule has 0 radical (unpaired) electrons. The lowest BCUT2D eigenvalue weighted by atomic mass is 10.1. The average molecular weight is 397 g/mol. The van der Waals surface area contributed by atoms with E-state index in [1.165, 1.54) is 14.2 Å². The number of phenolic OH excluding ortho intramolecular Hbond substituents is 1. The second-order valence-electron chi connectivity index (χ2n) is 5.96. The van der Waals surface area contributed by atoms with Crippen molar-refractivity contribution >= 4 is 34.5 Å². The Bertz CT molecular complexity index is 1020. The molecule has 0 saturated carbocycles. The van der Waals surface area contributed by atoms with E-state index in [1.807, 2.05) is 6.07 Å². The summed E-state index contributed by atoms with van der Waals surface area (Å²) in [6.45, 7) is 1.78. The van der Waals surface area contributed by atoms with Crippen LogP contribution in [0.25, 0.3) is 6.08 Å². The Kier molecular flexibility index (Phi) is 5.75. The maximum Gasteiger partial charge on any atom is 0.344 e. The van der Waals surface area contributed by atoms with Gasteiger partial charge in [0.2, 0.25) is 0 Å². The number of aliphatic hydroxyl groups excluding tert-OH is 1. The fraction of sp³-hybridized carbons (Fsp3) is 0.143. The number of phenols is 1. The van der Waals surface area contributed by atoms with E-state index in [9.17, 15) is 15.0 Å². The molecule has 0 amide bonds. The number of carbonyl (C=O) groups excluding carboxylic acids is 1. The molecule has 0 bridgehead atoms. The summed E-state index contributed by atoms with van der Waals surface area (Å²) in [7, 11) is 2.78. The first-order valence-electron chi connectivity index (χ1n) is 8.37. The van der Waals surface area contributed by atoms with Gasteiger partial charge in [-0.3, -0.25) is 0 Å². The Labute approximate surface area is 166 Å². The third-order valence-electron chi connectivity index (χ3n) is 4.11. The van der Waals surface area contributed by atoms with Crippen molar-refractivity contribution in [3.8, 4) is 11.5 Å². The SMILES string of the molecule is COC(=O)C1=C(O)/C(=C\c2ccc(O)c(C)c2)SC1=Nc1ccccc1OC. The van der Waals surface area contributed by atoms with Crippen molar-refractivity contribution < 1.29 is 24.5 Å². The smallest absolute Gasteiger partial charge is 0.344 e. The molecule has 0 saturated heterocycles. The van der Waals surface area contributed by atoms with Gasteiger partial charge in [-0.1, -0.05) is 30.0 Å². The van der Waals surface area contributed by atoms with E-state index in [1.54, 1.807) is 49.4 Å². The van der Waals surface area contributed by atoms with Crippen LogP contribution in [0, 0.1) is 6.92 Å². The van der Waals surface area contributed by atoms with E-state index >= 15 is 0 Å². The number of methoxy groups -OCH3 is 2. The topological polar surface area (TPSA) is 88.4 Å². The number of nitrogens with zero attached hydrogens (tertiary/aromatic N) is 1. The highest BCUT2D eigenvalue weighted by Gasteiger charge is 2.33. The van der Waals surface area contributed by atoms with Crippen LogP contribution >= 0.6 is 11.8 Å². The van der Waals surface area contributed by atoms with Crippen molar-refractivity contribution in [2.45, 2.75) is 6.92 Å². The molecule has 7 heteroatoms. The number of carbonyl (C=O) groups is 1. The van der Waals surface area contributed by atoms with Gasteiger partial charge in [0.1, 0.15) is 33.6 Å². The van der Waals surface area contributed by atoms with E-state index in [0.29, 0.717) is 26.9 Å².